The van der Waals surface area contributed by atoms with Crippen LogP contribution < -0.4 is 0 Å². The molecule has 250 valence electrons. The zero-order valence-electron chi connectivity index (χ0n) is 29.5. The molecule has 0 saturated heterocycles. The van der Waals surface area contributed by atoms with Crippen LogP contribution in [0.25, 0.3) is 56.2 Å². The molecule has 0 bridgehead atoms. The predicted molar refractivity (Wildman–Crippen MR) is 217 cm³/mol. The summed E-state index contributed by atoms with van der Waals surface area (Å²) >= 11 is 1.86. The van der Waals surface area contributed by atoms with E-state index in [2.05, 4.69) is 184 Å². The van der Waals surface area contributed by atoms with Crippen molar-refractivity contribution in [3.63, 3.8) is 0 Å². The SMILES string of the molecule is CC1(C)c2ccccc2-c2ccc(-c3cc(-c4ccccc4)nc(-c4ccc5c(c4)C4(c6ccccc6S5)c5ccccc5-c5ccccc54)n3)cc21. The Morgan fingerprint density at radius 3 is 1.60 bits per heavy atom. The predicted octanol–water partition coefficient (Wildman–Crippen LogP) is 12.6. The second-order valence-corrected chi connectivity index (χ2v) is 16.0. The Hall–Kier alpha value is -6.03. The zero-order valence-corrected chi connectivity index (χ0v) is 30.3. The monoisotopic (exact) mass is 694 g/mol. The average Bonchev–Trinajstić information content (AvgIpc) is 3.64. The number of fused-ring (bicyclic) bond motifs is 12. The van der Waals surface area contributed by atoms with E-state index in [1.807, 2.05) is 11.8 Å². The van der Waals surface area contributed by atoms with Crippen LogP contribution in [0.4, 0.5) is 0 Å². The van der Waals surface area contributed by atoms with Gasteiger partial charge in [0.1, 0.15) is 0 Å². The van der Waals surface area contributed by atoms with Crippen molar-refractivity contribution in [1.29, 1.82) is 0 Å². The van der Waals surface area contributed by atoms with E-state index in [-0.39, 0.29) is 5.41 Å². The van der Waals surface area contributed by atoms with Gasteiger partial charge in [-0.05, 0) is 86.0 Å². The minimum atomic E-state index is -0.458. The molecule has 0 fully saturated rings. The standard InChI is InChI=1S/C50H34N2S/c1-49(2)38-19-9-6-16-34(38)37-26-24-32(28-42(37)49)45-30-44(31-14-4-3-5-15-31)51-48(52-45)33-25-27-47-43(29-33)50(41-22-12-13-23-46(41)53-47)39-20-10-7-17-35(39)36-18-8-11-21-40(36)50/h3-30H,1-2H3. The molecule has 3 aliphatic rings. The van der Waals surface area contributed by atoms with Gasteiger partial charge in [0.25, 0.3) is 0 Å². The van der Waals surface area contributed by atoms with Crippen LogP contribution in [0, 0.1) is 0 Å². The summed E-state index contributed by atoms with van der Waals surface area (Å²) in [4.78, 5) is 13.3. The summed E-state index contributed by atoms with van der Waals surface area (Å²) in [5.74, 6) is 0.728. The number of aromatic nitrogens is 2. The van der Waals surface area contributed by atoms with Gasteiger partial charge in [-0.15, -0.1) is 0 Å². The summed E-state index contributed by atoms with van der Waals surface area (Å²) in [7, 11) is 0. The molecular formula is C50H34N2S. The lowest BCUT2D eigenvalue weighted by Crippen LogP contribution is -2.32. The minimum Gasteiger partial charge on any atom is -0.228 e. The largest absolute Gasteiger partial charge is 0.228 e. The Morgan fingerprint density at radius 2 is 0.887 bits per heavy atom. The molecule has 1 aromatic heterocycles. The normalized spacial score (nSPS) is 14.8. The van der Waals surface area contributed by atoms with Gasteiger partial charge in [-0.25, -0.2) is 9.97 Å². The highest BCUT2D eigenvalue weighted by Crippen LogP contribution is 2.62. The van der Waals surface area contributed by atoms with Crippen molar-refractivity contribution >= 4 is 11.8 Å². The van der Waals surface area contributed by atoms with Crippen LogP contribution >= 0.6 is 11.8 Å². The first-order valence-corrected chi connectivity index (χ1v) is 19.1. The van der Waals surface area contributed by atoms with Crippen LogP contribution in [0.5, 0.6) is 0 Å². The van der Waals surface area contributed by atoms with Crippen LogP contribution in [0.15, 0.2) is 180 Å². The van der Waals surface area contributed by atoms with Gasteiger partial charge in [0, 0.05) is 31.9 Å². The number of rotatable bonds is 3. The summed E-state index contributed by atoms with van der Waals surface area (Å²) < 4.78 is 0. The molecule has 11 rings (SSSR count). The number of hydrogen-bond acceptors (Lipinski definition) is 3. The third kappa shape index (κ3) is 4.29. The first kappa shape index (κ1) is 30.6. The summed E-state index contributed by atoms with van der Waals surface area (Å²) in [6.45, 7) is 4.67. The molecule has 0 amide bonds. The van der Waals surface area contributed by atoms with E-state index in [1.165, 1.54) is 65.4 Å². The Labute approximate surface area is 314 Å². The molecule has 3 heteroatoms. The van der Waals surface area contributed by atoms with Gasteiger partial charge < -0.3 is 0 Å². The van der Waals surface area contributed by atoms with Crippen LogP contribution in [0.2, 0.25) is 0 Å². The first-order chi connectivity index (χ1) is 26.0. The van der Waals surface area contributed by atoms with Crippen molar-refractivity contribution in [1.82, 2.24) is 9.97 Å². The number of nitrogens with zero attached hydrogens (tertiary/aromatic N) is 2. The molecule has 0 saturated carbocycles. The lowest BCUT2D eigenvalue weighted by Gasteiger charge is -2.39. The maximum absolute atomic E-state index is 5.40. The molecular weight excluding hydrogens is 661 g/mol. The fourth-order valence-corrected chi connectivity index (χ4v) is 10.5. The highest BCUT2D eigenvalue weighted by Gasteiger charge is 2.50. The topological polar surface area (TPSA) is 25.8 Å². The van der Waals surface area contributed by atoms with Crippen molar-refractivity contribution < 1.29 is 0 Å². The third-order valence-electron chi connectivity index (χ3n) is 11.8. The van der Waals surface area contributed by atoms with E-state index in [0.29, 0.717) is 0 Å². The smallest absolute Gasteiger partial charge is 0.160 e. The van der Waals surface area contributed by atoms with E-state index >= 15 is 0 Å². The lowest BCUT2D eigenvalue weighted by molar-refractivity contribution is 0.660. The van der Waals surface area contributed by atoms with Crippen molar-refractivity contribution in [2.75, 3.05) is 0 Å². The highest BCUT2D eigenvalue weighted by atomic mass is 32.2. The van der Waals surface area contributed by atoms with Crippen LogP contribution in [-0.2, 0) is 10.8 Å². The second-order valence-electron chi connectivity index (χ2n) is 14.9. The summed E-state index contributed by atoms with van der Waals surface area (Å²) in [5, 5.41) is 0. The van der Waals surface area contributed by atoms with Crippen molar-refractivity contribution in [3.05, 3.63) is 203 Å². The fraction of sp³-hybridized carbons (Fsp3) is 0.0800. The van der Waals surface area contributed by atoms with Crippen molar-refractivity contribution in [3.8, 4) is 56.2 Å². The van der Waals surface area contributed by atoms with Crippen molar-refractivity contribution in [2.45, 2.75) is 34.5 Å². The lowest BCUT2D eigenvalue weighted by atomic mass is 9.67. The Morgan fingerprint density at radius 1 is 0.377 bits per heavy atom. The molecule has 0 atom stereocenters. The Bertz CT molecular complexity index is 2750. The molecule has 53 heavy (non-hydrogen) atoms. The van der Waals surface area contributed by atoms with Gasteiger partial charge in [-0.2, -0.15) is 0 Å². The molecule has 0 N–H and O–H groups in total. The molecule has 2 heterocycles. The molecule has 0 unspecified atom stereocenters. The van der Waals surface area contributed by atoms with Gasteiger partial charge in [0.15, 0.2) is 5.82 Å². The summed E-state index contributed by atoms with van der Waals surface area (Å²) in [6, 6.07) is 62.1. The first-order valence-electron chi connectivity index (χ1n) is 18.3. The third-order valence-corrected chi connectivity index (χ3v) is 12.9. The van der Waals surface area contributed by atoms with Crippen LogP contribution in [0.3, 0.4) is 0 Å². The highest BCUT2D eigenvalue weighted by molar-refractivity contribution is 7.99. The van der Waals surface area contributed by atoms with Crippen LogP contribution in [0.1, 0.15) is 47.2 Å². The van der Waals surface area contributed by atoms with Crippen molar-refractivity contribution in [2.24, 2.45) is 0 Å². The maximum atomic E-state index is 5.40. The molecule has 7 aromatic carbocycles. The van der Waals surface area contributed by atoms with E-state index in [9.17, 15) is 0 Å². The molecule has 2 nitrogen and oxygen atoms in total. The van der Waals surface area contributed by atoms with E-state index < -0.39 is 5.41 Å². The minimum absolute atomic E-state index is 0.102. The summed E-state index contributed by atoms with van der Waals surface area (Å²) in [5.41, 5.74) is 17.7. The molecule has 8 aromatic rings. The molecule has 1 aliphatic heterocycles. The average molecular weight is 695 g/mol. The maximum Gasteiger partial charge on any atom is 0.160 e. The molecule has 0 radical (unpaired) electrons. The zero-order chi connectivity index (χ0) is 35.3. The van der Waals surface area contributed by atoms with Gasteiger partial charge in [0.05, 0.1) is 16.8 Å². The van der Waals surface area contributed by atoms with E-state index in [0.717, 1.165) is 33.9 Å². The van der Waals surface area contributed by atoms with Crippen LogP contribution in [-0.4, -0.2) is 9.97 Å². The number of hydrogen-bond donors (Lipinski definition) is 0. The quantitative estimate of drug-likeness (QED) is 0.184. The fourth-order valence-electron chi connectivity index (χ4n) is 9.34. The van der Waals surface area contributed by atoms with Gasteiger partial charge in [-0.1, -0.05) is 165 Å². The van der Waals surface area contributed by atoms with Gasteiger partial charge >= 0.3 is 0 Å². The van der Waals surface area contributed by atoms with E-state index in [4.69, 9.17) is 9.97 Å². The second kappa shape index (κ2) is 11.2. The van der Waals surface area contributed by atoms with Gasteiger partial charge in [-0.3, -0.25) is 0 Å². The van der Waals surface area contributed by atoms with E-state index in [1.54, 1.807) is 0 Å². The Balaban J connectivity index is 1.14. The van der Waals surface area contributed by atoms with Gasteiger partial charge in [0.2, 0.25) is 0 Å². The molecule has 1 spiro atoms. The number of benzene rings is 7. The Kier molecular flexibility index (Phi) is 6.48. The summed E-state index contributed by atoms with van der Waals surface area (Å²) in [6.07, 6.45) is 0. The molecule has 2 aliphatic carbocycles.